The molecule has 0 saturated carbocycles. The summed E-state index contributed by atoms with van der Waals surface area (Å²) in [5.41, 5.74) is 1.94. The maximum Gasteiger partial charge on any atom is 0.409 e. The van der Waals surface area contributed by atoms with Crippen LogP contribution in [0.2, 0.25) is 0 Å². The first-order chi connectivity index (χ1) is 12.6. The van der Waals surface area contributed by atoms with Crippen molar-refractivity contribution in [2.24, 2.45) is 0 Å². The summed E-state index contributed by atoms with van der Waals surface area (Å²) in [7, 11) is 1.35. The highest BCUT2D eigenvalue weighted by Crippen LogP contribution is 2.37. The minimum Gasteiger partial charge on any atom is -0.453 e. The second-order valence-electron chi connectivity index (χ2n) is 5.65. The van der Waals surface area contributed by atoms with Gasteiger partial charge in [-0.15, -0.1) is 23.1 Å². The molecule has 134 valence electrons. The van der Waals surface area contributed by atoms with Gasteiger partial charge in [0.1, 0.15) is 11.1 Å². The lowest BCUT2D eigenvalue weighted by molar-refractivity contribution is 0.102. The van der Waals surface area contributed by atoms with Gasteiger partial charge in [-0.1, -0.05) is 6.07 Å². The van der Waals surface area contributed by atoms with Crippen molar-refractivity contribution in [2.45, 2.75) is 17.9 Å². The molecule has 6 nitrogen and oxygen atoms in total. The summed E-state index contributed by atoms with van der Waals surface area (Å²) in [4.78, 5) is 27.8. The Labute approximate surface area is 159 Å². The normalized spacial score (nSPS) is 12.9. The topological polar surface area (TPSA) is 82.4 Å². The van der Waals surface area contributed by atoms with Crippen LogP contribution in [0.5, 0.6) is 0 Å². The van der Waals surface area contributed by atoms with Gasteiger partial charge in [0.25, 0.3) is 5.91 Å². The number of thiophene rings is 1. The van der Waals surface area contributed by atoms with Crippen LogP contribution in [0.15, 0.2) is 29.2 Å². The third-order valence-corrected chi connectivity index (χ3v) is 6.02. The summed E-state index contributed by atoms with van der Waals surface area (Å²) >= 11 is 2.90. The Morgan fingerprint density at radius 2 is 2.23 bits per heavy atom. The molecule has 0 fully saturated rings. The SMILES string of the molecule is COC(=O)N1CCc2c(sc(NC(=O)c3cccc(SC)c3)c2C#N)C1. The molecule has 8 heteroatoms. The summed E-state index contributed by atoms with van der Waals surface area (Å²) in [6.07, 6.45) is 2.13. The highest BCUT2D eigenvalue weighted by molar-refractivity contribution is 7.98. The molecular weight excluding hydrogens is 370 g/mol. The van der Waals surface area contributed by atoms with Crippen molar-refractivity contribution in [3.63, 3.8) is 0 Å². The molecule has 26 heavy (non-hydrogen) atoms. The van der Waals surface area contributed by atoms with Crippen LogP contribution >= 0.6 is 23.1 Å². The van der Waals surface area contributed by atoms with Crippen LogP contribution in [0, 0.1) is 11.3 Å². The smallest absolute Gasteiger partial charge is 0.409 e. The summed E-state index contributed by atoms with van der Waals surface area (Å²) < 4.78 is 4.77. The van der Waals surface area contributed by atoms with Crippen LogP contribution in [0.3, 0.4) is 0 Å². The third kappa shape index (κ3) is 3.54. The van der Waals surface area contributed by atoms with E-state index in [0.717, 1.165) is 15.3 Å². The molecule has 1 aromatic carbocycles. The number of hydrogen-bond donors (Lipinski definition) is 1. The number of methoxy groups -OCH3 is 1. The number of thioether (sulfide) groups is 1. The number of nitrogens with zero attached hydrogens (tertiary/aromatic N) is 2. The maximum atomic E-state index is 12.6. The number of carbonyl (C=O) groups excluding carboxylic acids is 2. The molecule has 0 saturated heterocycles. The van der Waals surface area contributed by atoms with Crippen LogP contribution in [0.4, 0.5) is 9.80 Å². The monoisotopic (exact) mass is 387 g/mol. The lowest BCUT2D eigenvalue weighted by atomic mass is 10.0. The Bertz CT molecular complexity index is 902. The van der Waals surface area contributed by atoms with Gasteiger partial charge in [-0.25, -0.2) is 4.79 Å². The predicted molar refractivity (Wildman–Crippen MR) is 102 cm³/mol. The fourth-order valence-electron chi connectivity index (χ4n) is 2.83. The number of nitriles is 1. The maximum absolute atomic E-state index is 12.6. The number of fused-ring (bicyclic) bond motifs is 1. The number of ether oxygens (including phenoxy) is 1. The highest BCUT2D eigenvalue weighted by Gasteiger charge is 2.28. The van der Waals surface area contributed by atoms with Crippen LogP contribution in [-0.2, 0) is 17.7 Å². The molecule has 0 aliphatic carbocycles. The molecule has 3 rings (SSSR count). The van der Waals surface area contributed by atoms with Gasteiger partial charge in [0.15, 0.2) is 0 Å². The average molecular weight is 387 g/mol. The molecule has 0 bridgehead atoms. The van der Waals surface area contributed by atoms with Crippen LogP contribution < -0.4 is 5.32 Å². The van der Waals surface area contributed by atoms with Gasteiger partial charge >= 0.3 is 6.09 Å². The van der Waals surface area contributed by atoms with E-state index in [2.05, 4.69) is 11.4 Å². The first kappa shape index (κ1) is 18.3. The lowest BCUT2D eigenvalue weighted by Gasteiger charge is -2.25. The van der Waals surface area contributed by atoms with Crippen LogP contribution in [0.25, 0.3) is 0 Å². The zero-order valence-electron chi connectivity index (χ0n) is 14.4. The van der Waals surface area contributed by atoms with Crippen molar-refractivity contribution in [1.29, 1.82) is 5.26 Å². The molecule has 0 spiro atoms. The second-order valence-corrected chi connectivity index (χ2v) is 7.63. The Balaban J connectivity index is 1.85. The molecule has 1 N–H and O–H groups in total. The molecule has 1 aromatic heterocycles. The van der Waals surface area contributed by atoms with E-state index in [4.69, 9.17) is 4.74 Å². The minimum atomic E-state index is -0.387. The summed E-state index contributed by atoms with van der Waals surface area (Å²) in [5.74, 6) is -0.249. The first-order valence-electron chi connectivity index (χ1n) is 7.90. The number of nitrogens with one attached hydrogen (secondary N) is 1. The van der Waals surface area contributed by atoms with Gasteiger partial charge in [-0.3, -0.25) is 4.79 Å². The fourth-order valence-corrected chi connectivity index (χ4v) is 4.50. The van der Waals surface area contributed by atoms with Gasteiger partial charge < -0.3 is 15.0 Å². The van der Waals surface area contributed by atoms with Crippen molar-refractivity contribution < 1.29 is 14.3 Å². The van der Waals surface area contributed by atoms with Crippen LogP contribution in [0.1, 0.15) is 26.4 Å². The second kappa shape index (κ2) is 7.81. The first-order valence-corrected chi connectivity index (χ1v) is 9.94. The number of anilines is 1. The quantitative estimate of drug-likeness (QED) is 0.812. The zero-order chi connectivity index (χ0) is 18.7. The molecule has 0 atom stereocenters. The van der Waals surface area contributed by atoms with Gasteiger partial charge in [-0.2, -0.15) is 5.26 Å². The van der Waals surface area contributed by atoms with E-state index >= 15 is 0 Å². The van der Waals surface area contributed by atoms with Gasteiger partial charge in [0.05, 0.1) is 19.2 Å². The van der Waals surface area contributed by atoms with E-state index in [1.165, 1.54) is 18.4 Å². The molecule has 2 amide bonds. The largest absolute Gasteiger partial charge is 0.453 e. The number of benzene rings is 1. The summed E-state index contributed by atoms with van der Waals surface area (Å²) in [6, 6.07) is 9.53. The minimum absolute atomic E-state index is 0.249. The van der Waals surface area contributed by atoms with Crippen molar-refractivity contribution in [1.82, 2.24) is 4.90 Å². The van der Waals surface area contributed by atoms with Crippen molar-refractivity contribution in [2.75, 3.05) is 25.2 Å². The number of hydrogen-bond acceptors (Lipinski definition) is 6. The van der Waals surface area contributed by atoms with Gasteiger partial charge in [-0.05, 0) is 36.4 Å². The fraction of sp³-hybridized carbons (Fsp3) is 0.278. The molecule has 2 heterocycles. The van der Waals surface area contributed by atoms with E-state index in [1.54, 1.807) is 22.7 Å². The summed E-state index contributed by atoms with van der Waals surface area (Å²) in [6.45, 7) is 0.882. The zero-order valence-corrected chi connectivity index (χ0v) is 16.0. The Morgan fingerprint density at radius 1 is 1.42 bits per heavy atom. The van der Waals surface area contributed by atoms with E-state index in [-0.39, 0.29) is 12.0 Å². The molecule has 2 aromatic rings. The van der Waals surface area contributed by atoms with E-state index in [0.29, 0.717) is 35.6 Å². The lowest BCUT2D eigenvalue weighted by Crippen LogP contribution is -2.35. The van der Waals surface area contributed by atoms with E-state index in [1.807, 2.05) is 24.5 Å². The van der Waals surface area contributed by atoms with Crippen molar-refractivity contribution >= 4 is 40.1 Å². The Morgan fingerprint density at radius 3 is 2.92 bits per heavy atom. The molecule has 0 unspecified atom stereocenters. The highest BCUT2D eigenvalue weighted by atomic mass is 32.2. The van der Waals surface area contributed by atoms with Gasteiger partial charge in [0, 0.05) is 21.9 Å². The summed E-state index contributed by atoms with van der Waals surface area (Å²) in [5, 5.41) is 12.9. The molecular formula is C18H17N3O3S2. The Kier molecular flexibility index (Phi) is 5.49. The average Bonchev–Trinajstić information content (AvgIpc) is 3.03. The van der Waals surface area contributed by atoms with Crippen LogP contribution in [-0.4, -0.2) is 36.8 Å². The molecule has 1 aliphatic rings. The van der Waals surface area contributed by atoms with Crippen molar-refractivity contribution in [3.8, 4) is 6.07 Å². The third-order valence-electron chi connectivity index (χ3n) is 4.16. The van der Waals surface area contributed by atoms with Gasteiger partial charge in [0.2, 0.25) is 0 Å². The molecule has 0 radical (unpaired) electrons. The van der Waals surface area contributed by atoms with Crippen molar-refractivity contribution in [3.05, 3.63) is 45.8 Å². The van der Waals surface area contributed by atoms with E-state index in [9.17, 15) is 14.9 Å². The standard InChI is InChI=1S/C18H17N3O3S2/c1-24-18(23)21-7-6-13-14(9-19)17(26-15(13)10-21)20-16(22)11-4-3-5-12(8-11)25-2/h3-5,8H,6-7,10H2,1-2H3,(H,20,22). The van der Waals surface area contributed by atoms with E-state index < -0.39 is 0 Å². The number of amides is 2. The number of rotatable bonds is 3. The Hall–Kier alpha value is -2.50. The number of carbonyl (C=O) groups is 2. The predicted octanol–water partition coefficient (Wildman–Crippen LogP) is 3.72. The molecule has 1 aliphatic heterocycles.